The third-order valence-corrected chi connectivity index (χ3v) is 2.70. The van der Waals surface area contributed by atoms with Gasteiger partial charge in [-0.05, 0) is 13.3 Å². The molecular weight excluding hydrogens is 428 g/mol. The fraction of sp³-hybridized carbons (Fsp3) is 0.632. The van der Waals surface area contributed by atoms with E-state index >= 15 is 0 Å². The number of methoxy groups -OCH3 is 1. The molecule has 1 rings (SSSR count). The topological polar surface area (TPSA) is 9.23 Å². The van der Waals surface area contributed by atoms with Gasteiger partial charge in [0.15, 0.2) is 0 Å². The summed E-state index contributed by atoms with van der Waals surface area (Å²) >= 11 is 0. The monoisotopic (exact) mass is 464 g/mol. The van der Waals surface area contributed by atoms with Gasteiger partial charge in [0.25, 0.3) is 0 Å². The predicted molar refractivity (Wildman–Crippen MR) is 93.1 cm³/mol. The van der Waals surface area contributed by atoms with Gasteiger partial charge in [-0.3, -0.25) is 0 Å². The summed E-state index contributed by atoms with van der Waals surface area (Å²) in [6.45, 7) is 16.4. The van der Waals surface area contributed by atoms with E-state index < -0.39 is 0 Å². The van der Waals surface area contributed by atoms with Crippen LogP contribution >= 0.6 is 0 Å². The molecule has 21 heavy (non-hydrogen) atoms. The maximum atomic E-state index is 4.90. The van der Waals surface area contributed by atoms with Crippen molar-refractivity contribution in [3.05, 3.63) is 42.3 Å². The number of ether oxygens (including phenoxy) is 1. The number of hydrogen-bond acceptors (Lipinski definition) is 1. The molecule has 0 heterocycles. The number of hydrogen-bond donors (Lipinski definition) is 0. The molecule has 2 unspecified atom stereocenters. The van der Waals surface area contributed by atoms with Gasteiger partial charge in [0, 0.05) is 7.11 Å². The Labute approximate surface area is 149 Å². The Balaban J connectivity index is -0.000000115. The van der Waals surface area contributed by atoms with Crippen LogP contribution in [0.1, 0.15) is 73.3 Å². The molecule has 2 atom stereocenters. The van der Waals surface area contributed by atoms with Gasteiger partial charge in [-0.1, -0.05) is 41.5 Å². The second kappa shape index (κ2) is 24.9. The standard InChI is InChI=1S/C10H12.C5H12O.2C2H6.W/c1-3-9(2)10-7-5-4-6-8-10;1-4-5(2)6-3;2*1-2;/h3-7,9H,1-2H3;5H,4H2,1-3H3;2*1-2H3;/q-2;;;;+2. The minimum Gasteiger partial charge on any atom is -0.382 e. The van der Waals surface area contributed by atoms with E-state index in [-0.39, 0.29) is 21.1 Å². The molecule has 0 saturated heterocycles. The van der Waals surface area contributed by atoms with E-state index in [1.807, 2.05) is 45.9 Å². The van der Waals surface area contributed by atoms with Crippen LogP contribution in [-0.4, -0.2) is 13.2 Å². The van der Waals surface area contributed by atoms with E-state index in [1.54, 1.807) is 7.11 Å². The van der Waals surface area contributed by atoms with Crippen LogP contribution in [-0.2, 0) is 25.8 Å². The summed E-state index contributed by atoms with van der Waals surface area (Å²) in [7, 11) is 1.73. The largest absolute Gasteiger partial charge is 2.00 e. The molecule has 0 fully saturated rings. The second-order valence-electron chi connectivity index (χ2n) is 3.89. The fourth-order valence-corrected chi connectivity index (χ4v) is 1.04. The van der Waals surface area contributed by atoms with E-state index in [2.05, 4.69) is 46.2 Å². The molecular formula is C19H36OW. The van der Waals surface area contributed by atoms with E-state index in [9.17, 15) is 0 Å². The van der Waals surface area contributed by atoms with E-state index in [0.29, 0.717) is 12.0 Å². The third kappa shape index (κ3) is 19.9. The van der Waals surface area contributed by atoms with Crippen LogP contribution < -0.4 is 0 Å². The molecule has 0 aliphatic rings. The van der Waals surface area contributed by atoms with Gasteiger partial charge in [-0.25, -0.2) is 0 Å². The van der Waals surface area contributed by atoms with Gasteiger partial charge in [-0.15, -0.1) is 0 Å². The first kappa shape index (κ1) is 29.0. The van der Waals surface area contributed by atoms with Crippen LogP contribution in [0, 0.1) is 12.5 Å². The molecule has 1 nitrogen and oxygen atoms in total. The van der Waals surface area contributed by atoms with Crippen molar-refractivity contribution in [2.45, 2.75) is 73.8 Å². The SMILES string of the molecule is CC.CC.CCC(C)OC.C[CH-]C(C)c1[c-]cccc1.[W+2]. The first-order valence-electron chi connectivity index (χ1n) is 7.94. The molecule has 0 spiro atoms. The zero-order chi connectivity index (χ0) is 16.4. The number of rotatable bonds is 4. The quantitative estimate of drug-likeness (QED) is 0.476. The molecule has 2 heteroatoms. The van der Waals surface area contributed by atoms with Crippen molar-refractivity contribution in [2.75, 3.05) is 7.11 Å². The van der Waals surface area contributed by atoms with Crippen molar-refractivity contribution in [3.8, 4) is 0 Å². The van der Waals surface area contributed by atoms with E-state index in [4.69, 9.17) is 4.74 Å². The Hall–Kier alpha value is -0.132. The minimum atomic E-state index is 0. The molecule has 0 bridgehead atoms. The van der Waals surface area contributed by atoms with Gasteiger partial charge >= 0.3 is 21.1 Å². The Morgan fingerprint density at radius 2 is 1.67 bits per heavy atom. The maximum absolute atomic E-state index is 4.90. The molecule has 0 aliphatic heterocycles. The molecule has 0 amide bonds. The Kier molecular flexibility index (Phi) is 34.3. The summed E-state index contributed by atoms with van der Waals surface area (Å²) in [5, 5.41) is 0. The van der Waals surface area contributed by atoms with Gasteiger partial charge < -0.3 is 11.2 Å². The predicted octanol–water partition coefficient (Wildman–Crippen LogP) is 6.30. The molecule has 0 aliphatic carbocycles. The normalized spacial score (nSPS) is 10.9. The zero-order valence-electron chi connectivity index (χ0n) is 15.6. The Bertz CT molecular complexity index is 245. The van der Waals surface area contributed by atoms with Crippen molar-refractivity contribution in [1.29, 1.82) is 0 Å². The average molecular weight is 464 g/mol. The van der Waals surface area contributed by atoms with Crippen molar-refractivity contribution < 1.29 is 25.8 Å². The molecule has 124 valence electrons. The van der Waals surface area contributed by atoms with Crippen LogP contribution in [0.15, 0.2) is 24.3 Å². The minimum absolute atomic E-state index is 0. The second-order valence-corrected chi connectivity index (χ2v) is 3.89. The van der Waals surface area contributed by atoms with Crippen LogP contribution in [0.3, 0.4) is 0 Å². The van der Waals surface area contributed by atoms with E-state index in [0.717, 1.165) is 6.42 Å². The van der Waals surface area contributed by atoms with Gasteiger partial charge in [0.2, 0.25) is 0 Å². The van der Waals surface area contributed by atoms with Gasteiger partial charge in [0.1, 0.15) is 0 Å². The smallest absolute Gasteiger partial charge is 0.382 e. The van der Waals surface area contributed by atoms with Crippen molar-refractivity contribution in [3.63, 3.8) is 0 Å². The van der Waals surface area contributed by atoms with Crippen molar-refractivity contribution in [2.24, 2.45) is 0 Å². The first-order chi connectivity index (χ1) is 9.65. The van der Waals surface area contributed by atoms with Crippen LogP contribution in [0.2, 0.25) is 0 Å². The summed E-state index contributed by atoms with van der Waals surface area (Å²) < 4.78 is 4.90. The van der Waals surface area contributed by atoms with Crippen molar-refractivity contribution >= 4 is 0 Å². The van der Waals surface area contributed by atoms with Crippen LogP contribution in [0.25, 0.3) is 0 Å². The van der Waals surface area contributed by atoms with E-state index in [1.165, 1.54) is 5.56 Å². The van der Waals surface area contributed by atoms with Crippen LogP contribution in [0.4, 0.5) is 0 Å². The molecule has 1 aromatic rings. The fourth-order valence-electron chi connectivity index (χ4n) is 1.04. The van der Waals surface area contributed by atoms with Crippen LogP contribution in [0.5, 0.6) is 0 Å². The Morgan fingerprint density at radius 1 is 1.14 bits per heavy atom. The summed E-state index contributed by atoms with van der Waals surface area (Å²) in [6.07, 6.45) is 3.72. The van der Waals surface area contributed by atoms with Crippen molar-refractivity contribution in [1.82, 2.24) is 0 Å². The third-order valence-electron chi connectivity index (χ3n) is 2.70. The average Bonchev–Trinajstić information content (AvgIpc) is 2.58. The molecule has 0 aromatic heterocycles. The molecule has 1 aromatic carbocycles. The zero-order valence-corrected chi connectivity index (χ0v) is 18.5. The van der Waals surface area contributed by atoms with Gasteiger partial charge in [0.05, 0.1) is 6.10 Å². The summed E-state index contributed by atoms with van der Waals surface area (Å²) in [5.74, 6) is 0.529. The first-order valence-corrected chi connectivity index (χ1v) is 7.94. The maximum Gasteiger partial charge on any atom is 2.00 e. The summed E-state index contributed by atoms with van der Waals surface area (Å²) in [5.41, 5.74) is 1.27. The summed E-state index contributed by atoms with van der Waals surface area (Å²) in [6, 6.07) is 11.3. The molecule has 0 N–H and O–H groups in total. The Morgan fingerprint density at radius 3 is 1.90 bits per heavy atom. The molecule has 0 radical (unpaired) electrons. The number of benzene rings is 1. The summed E-state index contributed by atoms with van der Waals surface area (Å²) in [4.78, 5) is 0. The van der Waals surface area contributed by atoms with Gasteiger partial charge in [-0.2, -0.15) is 48.7 Å². The molecule has 0 saturated carbocycles.